The van der Waals surface area contributed by atoms with E-state index in [2.05, 4.69) is 75.3 Å². The first-order valence-corrected chi connectivity index (χ1v) is 10.8. The van der Waals surface area contributed by atoms with Crippen LogP contribution in [0.2, 0.25) is 0 Å². The number of hydrogen-bond acceptors (Lipinski definition) is 4. The zero-order valence-corrected chi connectivity index (χ0v) is 17.0. The van der Waals surface area contributed by atoms with Gasteiger partial charge in [-0.05, 0) is 35.4 Å². The predicted octanol–water partition coefficient (Wildman–Crippen LogP) is 3.98. The number of aryl methyl sites for hydroxylation is 2. The lowest BCUT2D eigenvalue weighted by Gasteiger charge is -2.35. The first kappa shape index (κ1) is 17.7. The van der Waals surface area contributed by atoms with Gasteiger partial charge < -0.3 is 4.90 Å². The molecule has 0 radical (unpaired) electrons. The molecule has 6 rings (SSSR count). The number of benzene rings is 2. The third-order valence-corrected chi connectivity index (χ3v) is 6.50. The van der Waals surface area contributed by atoms with E-state index in [9.17, 15) is 0 Å². The van der Waals surface area contributed by atoms with E-state index < -0.39 is 0 Å². The number of nitrogens with zero attached hydrogens (tertiary/aromatic N) is 5. The second-order valence-corrected chi connectivity index (χ2v) is 8.31. The highest BCUT2D eigenvalue weighted by molar-refractivity contribution is 5.83. The van der Waals surface area contributed by atoms with Gasteiger partial charge in [0.1, 0.15) is 5.82 Å². The Hall–Kier alpha value is -3.18. The molecule has 5 heteroatoms. The van der Waals surface area contributed by atoms with Crippen LogP contribution < -0.4 is 4.90 Å². The number of hydrogen-bond donors (Lipinski definition) is 0. The molecular weight excluding hydrogens is 370 g/mol. The van der Waals surface area contributed by atoms with Crippen LogP contribution in [0.15, 0.2) is 67.0 Å². The highest BCUT2D eigenvalue weighted by Crippen LogP contribution is 2.33. The average Bonchev–Trinajstić information content (AvgIpc) is 3.22. The van der Waals surface area contributed by atoms with E-state index in [-0.39, 0.29) is 0 Å². The van der Waals surface area contributed by atoms with Crippen LogP contribution in [0, 0.1) is 0 Å². The Labute approximate surface area is 176 Å². The van der Waals surface area contributed by atoms with Crippen LogP contribution in [0.3, 0.4) is 0 Å². The molecule has 1 fully saturated rings. The van der Waals surface area contributed by atoms with Crippen LogP contribution in [-0.2, 0) is 19.5 Å². The minimum Gasteiger partial charge on any atom is -0.354 e. The molecule has 1 aliphatic heterocycles. The molecule has 2 aliphatic rings. The van der Waals surface area contributed by atoms with Gasteiger partial charge in [0.2, 0.25) is 0 Å². The van der Waals surface area contributed by atoms with Crippen molar-refractivity contribution in [1.29, 1.82) is 0 Å². The topological polar surface area (TPSA) is 37.2 Å². The summed E-state index contributed by atoms with van der Waals surface area (Å²) in [6, 6.07) is 19.4. The van der Waals surface area contributed by atoms with Crippen LogP contribution >= 0.6 is 0 Å². The third kappa shape index (κ3) is 3.06. The number of piperazine rings is 1. The molecule has 0 amide bonds. The normalized spacial score (nSPS) is 16.5. The van der Waals surface area contributed by atoms with E-state index in [1.165, 1.54) is 33.2 Å². The van der Waals surface area contributed by atoms with Crippen molar-refractivity contribution in [3.05, 3.63) is 78.1 Å². The Balaban J connectivity index is 1.17. The van der Waals surface area contributed by atoms with Gasteiger partial charge in [-0.25, -0.2) is 4.98 Å². The van der Waals surface area contributed by atoms with Crippen molar-refractivity contribution in [2.45, 2.75) is 19.5 Å². The Morgan fingerprint density at radius 3 is 2.43 bits per heavy atom. The molecule has 4 aromatic rings. The number of anilines is 1. The molecule has 0 atom stereocenters. The van der Waals surface area contributed by atoms with E-state index in [1.807, 2.05) is 6.20 Å². The molecule has 0 N–H and O–H groups in total. The number of aromatic nitrogens is 3. The summed E-state index contributed by atoms with van der Waals surface area (Å²) in [6.07, 6.45) is 6.27. The second-order valence-electron chi connectivity index (χ2n) is 8.31. The van der Waals surface area contributed by atoms with Crippen LogP contribution in [0.25, 0.3) is 22.0 Å². The highest BCUT2D eigenvalue weighted by Gasteiger charge is 2.23. The monoisotopic (exact) mass is 395 g/mol. The summed E-state index contributed by atoms with van der Waals surface area (Å²) in [5.74, 6) is 1.08. The molecule has 150 valence electrons. The average molecular weight is 396 g/mol. The van der Waals surface area contributed by atoms with Crippen molar-refractivity contribution >= 4 is 16.6 Å². The van der Waals surface area contributed by atoms with Gasteiger partial charge in [0.05, 0.1) is 18.6 Å². The van der Waals surface area contributed by atoms with Gasteiger partial charge in [-0.2, -0.15) is 5.10 Å². The largest absolute Gasteiger partial charge is 0.354 e. The minimum absolute atomic E-state index is 0.850. The Morgan fingerprint density at radius 2 is 1.53 bits per heavy atom. The van der Waals surface area contributed by atoms with Gasteiger partial charge in [-0.3, -0.25) is 9.58 Å². The van der Waals surface area contributed by atoms with Crippen molar-refractivity contribution in [3.63, 3.8) is 0 Å². The molecule has 0 unspecified atom stereocenters. The Kier molecular flexibility index (Phi) is 4.27. The SMILES string of the molecule is c1ccc2c(c1)CCc1cnn(CN3CCN(c4cc5ccccc5cn4)CC3)c1-2. The zero-order chi connectivity index (χ0) is 19.9. The van der Waals surface area contributed by atoms with E-state index in [0.717, 1.165) is 51.5 Å². The third-order valence-electron chi connectivity index (χ3n) is 6.50. The maximum atomic E-state index is 4.75. The van der Waals surface area contributed by atoms with E-state index in [4.69, 9.17) is 10.1 Å². The first-order chi connectivity index (χ1) is 14.8. The van der Waals surface area contributed by atoms with Gasteiger partial charge in [0.25, 0.3) is 0 Å². The summed E-state index contributed by atoms with van der Waals surface area (Å²) in [7, 11) is 0. The standard InChI is InChI=1S/C25H25N5/c1-2-7-21-16-26-24(15-20(21)6-1)29-13-11-28(12-14-29)18-30-25-22(17-27-30)10-9-19-5-3-4-8-23(19)25/h1-8,15-17H,9-14,18H2. The van der Waals surface area contributed by atoms with Crippen LogP contribution in [0.4, 0.5) is 5.82 Å². The summed E-state index contributed by atoms with van der Waals surface area (Å²) < 4.78 is 2.21. The maximum Gasteiger partial charge on any atom is 0.129 e. The van der Waals surface area contributed by atoms with Crippen molar-refractivity contribution in [2.24, 2.45) is 0 Å². The lowest BCUT2D eigenvalue weighted by atomic mass is 9.90. The molecule has 0 spiro atoms. The summed E-state index contributed by atoms with van der Waals surface area (Å²) in [6.45, 7) is 4.87. The molecular formula is C25H25N5. The van der Waals surface area contributed by atoms with E-state index >= 15 is 0 Å². The van der Waals surface area contributed by atoms with Crippen molar-refractivity contribution in [2.75, 3.05) is 31.1 Å². The van der Waals surface area contributed by atoms with E-state index in [1.54, 1.807) is 0 Å². The Morgan fingerprint density at radius 1 is 0.767 bits per heavy atom. The van der Waals surface area contributed by atoms with Gasteiger partial charge in [0.15, 0.2) is 0 Å². The number of rotatable bonds is 3. The van der Waals surface area contributed by atoms with Crippen LogP contribution in [0.5, 0.6) is 0 Å². The molecule has 0 saturated carbocycles. The summed E-state index contributed by atoms with van der Waals surface area (Å²) in [5, 5.41) is 7.21. The summed E-state index contributed by atoms with van der Waals surface area (Å²) in [4.78, 5) is 9.61. The molecule has 2 aromatic carbocycles. The summed E-state index contributed by atoms with van der Waals surface area (Å²) in [5.41, 5.74) is 5.50. The zero-order valence-electron chi connectivity index (χ0n) is 17.0. The minimum atomic E-state index is 0.850. The van der Waals surface area contributed by atoms with Gasteiger partial charge >= 0.3 is 0 Å². The fourth-order valence-electron chi connectivity index (χ4n) is 4.82. The predicted molar refractivity (Wildman–Crippen MR) is 121 cm³/mol. The molecule has 30 heavy (non-hydrogen) atoms. The fourth-order valence-corrected chi connectivity index (χ4v) is 4.82. The molecule has 1 saturated heterocycles. The van der Waals surface area contributed by atoms with E-state index in [0.29, 0.717) is 0 Å². The maximum absolute atomic E-state index is 4.75. The molecule has 5 nitrogen and oxygen atoms in total. The highest BCUT2D eigenvalue weighted by atomic mass is 15.4. The Bertz CT molecular complexity index is 1200. The lowest BCUT2D eigenvalue weighted by Crippen LogP contribution is -2.47. The van der Waals surface area contributed by atoms with Crippen LogP contribution in [-0.4, -0.2) is 45.8 Å². The molecule has 2 aromatic heterocycles. The van der Waals surface area contributed by atoms with Gasteiger partial charge in [-0.1, -0.05) is 48.5 Å². The smallest absolute Gasteiger partial charge is 0.129 e. The first-order valence-electron chi connectivity index (χ1n) is 10.8. The quantitative estimate of drug-likeness (QED) is 0.526. The van der Waals surface area contributed by atoms with Crippen molar-refractivity contribution in [1.82, 2.24) is 19.7 Å². The number of pyridine rings is 1. The lowest BCUT2D eigenvalue weighted by molar-refractivity contribution is 0.197. The molecule has 1 aliphatic carbocycles. The fraction of sp³-hybridized carbons (Fsp3) is 0.280. The van der Waals surface area contributed by atoms with Gasteiger partial charge in [0, 0.05) is 43.3 Å². The molecule has 3 heterocycles. The van der Waals surface area contributed by atoms with Crippen molar-refractivity contribution in [3.8, 4) is 11.3 Å². The second kappa shape index (κ2) is 7.26. The van der Waals surface area contributed by atoms with Crippen molar-refractivity contribution < 1.29 is 0 Å². The van der Waals surface area contributed by atoms with Gasteiger partial charge in [-0.15, -0.1) is 0 Å². The summed E-state index contributed by atoms with van der Waals surface area (Å²) >= 11 is 0. The van der Waals surface area contributed by atoms with Crippen LogP contribution in [0.1, 0.15) is 11.1 Å². The number of fused-ring (bicyclic) bond motifs is 4. The molecule has 0 bridgehead atoms.